The molecule has 0 spiro atoms. The van der Waals surface area contributed by atoms with E-state index in [1.165, 1.54) is 17.0 Å². The molecule has 25 heavy (non-hydrogen) atoms. The first-order chi connectivity index (χ1) is 11.8. The van der Waals surface area contributed by atoms with Gasteiger partial charge in [0.2, 0.25) is 11.8 Å². The zero-order valence-electron chi connectivity index (χ0n) is 15.4. The lowest BCUT2D eigenvalue weighted by Crippen LogP contribution is -2.55. The molecule has 0 saturated carbocycles. The molecule has 1 heterocycles. The number of hydrogen-bond donors (Lipinski definition) is 1. The van der Waals surface area contributed by atoms with Gasteiger partial charge in [-0.3, -0.25) is 14.5 Å². The topological polar surface area (TPSA) is 58.6 Å². The highest BCUT2D eigenvalue weighted by atomic mass is 19.1. The largest absolute Gasteiger partial charge is 0.379 e. The number of ether oxygens (including phenoxy) is 1. The maximum absolute atomic E-state index is 13.4. The molecule has 0 bridgehead atoms. The number of rotatable bonds is 7. The van der Waals surface area contributed by atoms with Crippen molar-refractivity contribution in [1.29, 1.82) is 0 Å². The number of carbonyl (C=O) groups is 2. The van der Waals surface area contributed by atoms with E-state index in [-0.39, 0.29) is 23.7 Å². The number of carbonyl (C=O) groups excluding carboxylic acids is 2. The van der Waals surface area contributed by atoms with Gasteiger partial charge in [-0.2, -0.15) is 0 Å². The van der Waals surface area contributed by atoms with Crippen LogP contribution in [0.1, 0.15) is 45.6 Å². The second-order valence-electron chi connectivity index (χ2n) is 6.96. The van der Waals surface area contributed by atoms with E-state index in [4.69, 9.17) is 4.74 Å². The van der Waals surface area contributed by atoms with Gasteiger partial charge in [0.15, 0.2) is 0 Å². The van der Waals surface area contributed by atoms with E-state index in [9.17, 15) is 14.0 Å². The molecule has 2 amide bonds. The number of benzene rings is 1. The second kappa shape index (κ2) is 7.95. The van der Waals surface area contributed by atoms with Crippen molar-refractivity contribution in [3.63, 3.8) is 0 Å². The summed E-state index contributed by atoms with van der Waals surface area (Å²) in [5, 5.41) is 2.90. The van der Waals surface area contributed by atoms with E-state index >= 15 is 0 Å². The Kier molecular flexibility index (Phi) is 6.16. The molecule has 1 aliphatic rings. The molecule has 1 saturated heterocycles. The Morgan fingerprint density at radius 3 is 2.80 bits per heavy atom. The Morgan fingerprint density at radius 2 is 2.16 bits per heavy atom. The molecule has 0 aliphatic carbocycles. The predicted octanol–water partition coefficient (Wildman–Crippen LogP) is 2.95. The summed E-state index contributed by atoms with van der Waals surface area (Å²) in [6.07, 6.45) is 1.62. The smallest absolute Gasteiger partial charge is 0.246 e. The van der Waals surface area contributed by atoms with Crippen LogP contribution in [0.5, 0.6) is 0 Å². The SMILES string of the molecule is Cc1cc(F)ccc1N1C(=O)CC[C@@]1(C)C(=O)NCCCOC(C)C. The molecule has 1 aromatic rings. The van der Waals surface area contributed by atoms with Crippen molar-refractivity contribution in [2.75, 3.05) is 18.1 Å². The van der Waals surface area contributed by atoms with E-state index in [0.29, 0.717) is 43.7 Å². The molecule has 2 rings (SSSR count). The molecule has 1 atom stereocenters. The monoisotopic (exact) mass is 350 g/mol. The molecular formula is C19H27FN2O3. The summed E-state index contributed by atoms with van der Waals surface area (Å²) in [5.41, 5.74) is 0.266. The van der Waals surface area contributed by atoms with Gasteiger partial charge in [0.25, 0.3) is 0 Å². The Balaban J connectivity index is 2.08. The van der Waals surface area contributed by atoms with Gasteiger partial charge >= 0.3 is 0 Å². The summed E-state index contributed by atoms with van der Waals surface area (Å²) in [6.45, 7) is 8.51. The molecule has 0 radical (unpaired) electrons. The van der Waals surface area contributed by atoms with Gasteiger partial charge in [-0.15, -0.1) is 0 Å². The fraction of sp³-hybridized carbons (Fsp3) is 0.579. The average molecular weight is 350 g/mol. The van der Waals surface area contributed by atoms with E-state index < -0.39 is 5.54 Å². The highest BCUT2D eigenvalue weighted by Crippen LogP contribution is 2.37. The van der Waals surface area contributed by atoms with Gasteiger partial charge in [0.05, 0.1) is 6.10 Å². The number of amides is 2. The van der Waals surface area contributed by atoms with Gasteiger partial charge in [0, 0.05) is 25.3 Å². The Hall–Kier alpha value is -1.95. The Morgan fingerprint density at radius 1 is 1.44 bits per heavy atom. The highest BCUT2D eigenvalue weighted by molar-refractivity contribution is 6.06. The van der Waals surface area contributed by atoms with Gasteiger partial charge in [-0.25, -0.2) is 4.39 Å². The number of nitrogens with zero attached hydrogens (tertiary/aromatic N) is 1. The lowest BCUT2D eigenvalue weighted by molar-refractivity contribution is -0.127. The number of halogens is 1. The number of aryl methyl sites for hydroxylation is 1. The molecule has 1 N–H and O–H groups in total. The highest BCUT2D eigenvalue weighted by Gasteiger charge is 2.48. The van der Waals surface area contributed by atoms with E-state index in [1.807, 2.05) is 13.8 Å². The standard InChI is InChI=1S/C19H27FN2O3/c1-13(2)25-11-5-10-21-18(24)19(4)9-8-17(23)22(19)16-7-6-15(20)12-14(16)3/h6-7,12-13H,5,8-11H2,1-4H3,(H,21,24)/t19-/m0/s1. The Bertz CT molecular complexity index is 648. The first-order valence-corrected chi connectivity index (χ1v) is 8.75. The van der Waals surface area contributed by atoms with Crippen molar-refractivity contribution in [3.05, 3.63) is 29.6 Å². The van der Waals surface area contributed by atoms with Crippen LogP contribution in [0.3, 0.4) is 0 Å². The lowest BCUT2D eigenvalue weighted by atomic mass is 9.96. The molecule has 1 fully saturated rings. The zero-order chi connectivity index (χ0) is 18.6. The van der Waals surface area contributed by atoms with Crippen molar-refractivity contribution < 1.29 is 18.7 Å². The summed E-state index contributed by atoms with van der Waals surface area (Å²) in [7, 11) is 0. The van der Waals surface area contributed by atoms with Crippen LogP contribution in [0, 0.1) is 12.7 Å². The summed E-state index contributed by atoms with van der Waals surface area (Å²) in [4.78, 5) is 26.7. The van der Waals surface area contributed by atoms with Crippen LogP contribution in [0.15, 0.2) is 18.2 Å². The number of nitrogens with one attached hydrogen (secondary N) is 1. The minimum Gasteiger partial charge on any atom is -0.379 e. The molecule has 6 heteroatoms. The third-order valence-electron chi connectivity index (χ3n) is 4.52. The summed E-state index contributed by atoms with van der Waals surface area (Å²) < 4.78 is 18.8. The molecule has 1 aliphatic heterocycles. The van der Waals surface area contributed by atoms with E-state index in [0.717, 1.165) is 0 Å². The van der Waals surface area contributed by atoms with Crippen LogP contribution in [0.25, 0.3) is 0 Å². The van der Waals surface area contributed by atoms with Crippen molar-refractivity contribution >= 4 is 17.5 Å². The fourth-order valence-corrected chi connectivity index (χ4v) is 3.12. The van der Waals surface area contributed by atoms with Crippen molar-refractivity contribution in [2.24, 2.45) is 0 Å². The summed E-state index contributed by atoms with van der Waals surface area (Å²) >= 11 is 0. The van der Waals surface area contributed by atoms with Crippen LogP contribution < -0.4 is 10.2 Å². The number of anilines is 1. The average Bonchev–Trinajstić information content (AvgIpc) is 2.83. The first-order valence-electron chi connectivity index (χ1n) is 8.75. The van der Waals surface area contributed by atoms with Gasteiger partial charge in [-0.05, 0) is 64.3 Å². The molecule has 1 aromatic carbocycles. The number of hydrogen-bond acceptors (Lipinski definition) is 3. The minimum absolute atomic E-state index is 0.115. The van der Waals surface area contributed by atoms with Crippen molar-refractivity contribution in [2.45, 2.75) is 58.6 Å². The predicted molar refractivity (Wildman–Crippen MR) is 95.0 cm³/mol. The van der Waals surface area contributed by atoms with Crippen LogP contribution in [0.2, 0.25) is 0 Å². The lowest BCUT2D eigenvalue weighted by Gasteiger charge is -2.35. The molecule has 138 valence electrons. The summed E-state index contributed by atoms with van der Waals surface area (Å²) in [5.74, 6) is -0.661. The van der Waals surface area contributed by atoms with E-state index in [1.54, 1.807) is 19.9 Å². The maximum atomic E-state index is 13.4. The van der Waals surface area contributed by atoms with Crippen LogP contribution in [0.4, 0.5) is 10.1 Å². The van der Waals surface area contributed by atoms with Crippen molar-refractivity contribution in [1.82, 2.24) is 5.32 Å². The fourth-order valence-electron chi connectivity index (χ4n) is 3.12. The Labute approximate surface area is 148 Å². The molecule has 5 nitrogen and oxygen atoms in total. The van der Waals surface area contributed by atoms with Gasteiger partial charge in [-0.1, -0.05) is 0 Å². The van der Waals surface area contributed by atoms with Crippen LogP contribution in [-0.2, 0) is 14.3 Å². The van der Waals surface area contributed by atoms with Gasteiger partial charge < -0.3 is 10.1 Å². The maximum Gasteiger partial charge on any atom is 0.246 e. The third kappa shape index (κ3) is 4.37. The summed E-state index contributed by atoms with van der Waals surface area (Å²) in [6, 6.07) is 4.26. The van der Waals surface area contributed by atoms with Crippen LogP contribution in [-0.4, -0.2) is 36.6 Å². The molecular weight excluding hydrogens is 323 g/mol. The first kappa shape index (κ1) is 19.4. The second-order valence-corrected chi connectivity index (χ2v) is 6.96. The molecule has 0 aromatic heterocycles. The quantitative estimate of drug-likeness (QED) is 0.769. The molecule has 0 unspecified atom stereocenters. The minimum atomic E-state index is -0.960. The normalized spacial score (nSPS) is 20.4. The van der Waals surface area contributed by atoms with E-state index in [2.05, 4.69) is 5.32 Å². The zero-order valence-corrected chi connectivity index (χ0v) is 15.4. The van der Waals surface area contributed by atoms with Crippen molar-refractivity contribution in [3.8, 4) is 0 Å². The van der Waals surface area contributed by atoms with Crippen LogP contribution >= 0.6 is 0 Å². The van der Waals surface area contributed by atoms with Gasteiger partial charge in [0.1, 0.15) is 11.4 Å². The third-order valence-corrected chi connectivity index (χ3v) is 4.52.